The van der Waals surface area contributed by atoms with Gasteiger partial charge in [0, 0.05) is 54.3 Å². The Bertz CT molecular complexity index is 856. The fraction of sp³-hybridized carbons (Fsp3) is 0.550. The van der Waals surface area contributed by atoms with Gasteiger partial charge in [0.15, 0.2) is 0 Å². The van der Waals surface area contributed by atoms with Crippen LogP contribution < -0.4 is 10.1 Å². The zero-order valence-corrected chi connectivity index (χ0v) is 16.2. The Morgan fingerprint density at radius 1 is 1.41 bits per heavy atom. The number of fused-ring (bicyclic) bond motifs is 4. The van der Waals surface area contributed by atoms with Crippen molar-refractivity contribution in [3.63, 3.8) is 0 Å². The van der Waals surface area contributed by atoms with Crippen molar-refractivity contribution in [2.45, 2.75) is 24.8 Å². The minimum atomic E-state index is -0.369. The van der Waals surface area contributed by atoms with Gasteiger partial charge in [0.25, 0.3) is 0 Å². The molecule has 0 bridgehead atoms. The van der Waals surface area contributed by atoms with Gasteiger partial charge >= 0.3 is 6.03 Å². The largest absolute Gasteiger partial charge is 0.497 e. The molecular formula is C20H28N4O3. The molecule has 0 saturated carbocycles. The maximum Gasteiger partial charge on any atom is 0.318 e. The van der Waals surface area contributed by atoms with Crippen LogP contribution in [-0.2, 0) is 5.41 Å². The molecule has 2 amide bonds. The molecule has 1 spiro atoms. The zero-order valence-electron chi connectivity index (χ0n) is 16.2. The molecule has 7 nitrogen and oxygen atoms in total. The number of nitrogens with zero attached hydrogens (tertiary/aromatic N) is 2. The summed E-state index contributed by atoms with van der Waals surface area (Å²) in [5, 5.41) is 14.3. The van der Waals surface area contributed by atoms with E-state index in [-0.39, 0.29) is 24.1 Å². The van der Waals surface area contributed by atoms with Crippen LogP contribution >= 0.6 is 0 Å². The number of benzene rings is 1. The van der Waals surface area contributed by atoms with Gasteiger partial charge in [0.2, 0.25) is 0 Å². The van der Waals surface area contributed by atoms with Crippen LogP contribution in [0.4, 0.5) is 4.79 Å². The normalized spacial score (nSPS) is 21.2. The molecule has 7 heteroatoms. The lowest BCUT2D eigenvalue weighted by atomic mass is 9.69. The zero-order chi connectivity index (χ0) is 19.2. The van der Waals surface area contributed by atoms with Crippen molar-refractivity contribution in [2.75, 3.05) is 46.9 Å². The number of aromatic nitrogens is 1. The summed E-state index contributed by atoms with van der Waals surface area (Å²) in [6, 6.07) is 5.57. The second-order valence-corrected chi connectivity index (χ2v) is 7.84. The van der Waals surface area contributed by atoms with Crippen LogP contribution in [0.3, 0.4) is 0 Å². The van der Waals surface area contributed by atoms with Crippen molar-refractivity contribution in [3.05, 3.63) is 29.5 Å². The fourth-order valence-electron chi connectivity index (χ4n) is 4.80. The van der Waals surface area contributed by atoms with Crippen LogP contribution in [-0.4, -0.2) is 72.9 Å². The van der Waals surface area contributed by atoms with E-state index in [2.05, 4.69) is 28.3 Å². The van der Waals surface area contributed by atoms with E-state index in [1.165, 1.54) is 5.56 Å². The first-order valence-corrected chi connectivity index (χ1v) is 9.57. The number of H-pyrrole nitrogens is 1. The predicted octanol–water partition coefficient (Wildman–Crippen LogP) is 1.83. The summed E-state index contributed by atoms with van der Waals surface area (Å²) in [6.07, 6.45) is 0.884. The van der Waals surface area contributed by atoms with Gasteiger partial charge in [-0.3, -0.25) is 0 Å². The van der Waals surface area contributed by atoms with Crippen LogP contribution in [0.15, 0.2) is 18.2 Å². The van der Waals surface area contributed by atoms with Gasteiger partial charge in [-0.05, 0) is 31.2 Å². The Kier molecular flexibility index (Phi) is 4.52. The summed E-state index contributed by atoms with van der Waals surface area (Å²) in [7, 11) is 3.76. The number of carbonyl (C=O) groups excluding carboxylic acids is 1. The number of urea groups is 1. The number of carbonyl (C=O) groups is 1. The number of likely N-dealkylation sites (N-methyl/N-ethyl adjacent to an activating group) is 1. The Hall–Kier alpha value is -2.25. The molecular weight excluding hydrogens is 344 g/mol. The highest BCUT2D eigenvalue weighted by molar-refractivity contribution is 5.89. The maximum absolute atomic E-state index is 12.8. The van der Waals surface area contributed by atoms with Crippen LogP contribution in [0.2, 0.25) is 0 Å². The molecule has 3 N–H and O–H groups in total. The summed E-state index contributed by atoms with van der Waals surface area (Å²) in [5.74, 6) is 0.791. The molecule has 27 heavy (non-hydrogen) atoms. The van der Waals surface area contributed by atoms with Gasteiger partial charge in [0.1, 0.15) is 5.75 Å². The number of aliphatic hydroxyl groups is 1. The van der Waals surface area contributed by atoms with Gasteiger partial charge in [0.05, 0.1) is 19.8 Å². The third kappa shape index (κ3) is 2.76. The molecule has 2 aromatic rings. The van der Waals surface area contributed by atoms with Gasteiger partial charge in [-0.15, -0.1) is 0 Å². The number of methoxy groups -OCH3 is 1. The Morgan fingerprint density at radius 3 is 2.81 bits per heavy atom. The number of amides is 2. The molecule has 1 atom stereocenters. The van der Waals surface area contributed by atoms with E-state index in [0.29, 0.717) is 13.1 Å². The molecule has 4 rings (SSSR count). The monoisotopic (exact) mass is 372 g/mol. The number of hydrogen-bond acceptors (Lipinski definition) is 4. The van der Waals surface area contributed by atoms with Crippen molar-refractivity contribution >= 4 is 16.9 Å². The van der Waals surface area contributed by atoms with Crippen LogP contribution in [0.5, 0.6) is 5.75 Å². The average Bonchev–Trinajstić information content (AvgIpc) is 3.03. The highest BCUT2D eigenvalue weighted by Crippen LogP contribution is 2.48. The highest BCUT2D eigenvalue weighted by Gasteiger charge is 2.52. The van der Waals surface area contributed by atoms with E-state index in [4.69, 9.17) is 4.74 Å². The van der Waals surface area contributed by atoms with Crippen molar-refractivity contribution in [2.24, 2.45) is 0 Å². The summed E-state index contributed by atoms with van der Waals surface area (Å²) in [5.41, 5.74) is 3.08. The molecule has 1 saturated heterocycles. The Balaban J connectivity index is 1.83. The van der Waals surface area contributed by atoms with Gasteiger partial charge in [-0.1, -0.05) is 6.92 Å². The van der Waals surface area contributed by atoms with E-state index in [0.717, 1.165) is 41.9 Å². The van der Waals surface area contributed by atoms with Gasteiger partial charge in [-0.25, -0.2) is 4.79 Å². The second-order valence-electron chi connectivity index (χ2n) is 7.84. The van der Waals surface area contributed by atoms with Gasteiger partial charge < -0.3 is 29.9 Å². The summed E-state index contributed by atoms with van der Waals surface area (Å²) in [6.45, 7) is 4.97. The molecule has 0 radical (unpaired) electrons. The van der Waals surface area contributed by atoms with Crippen molar-refractivity contribution in [1.82, 2.24) is 20.1 Å². The standard InChI is InChI=1S/C20H28N4O3/c1-4-7-21-19(26)24-12-20(10-23(2)11-20)17-14-6-5-13(27-3)8-15(14)22-18(17)16(24)9-25/h5-6,8,16,22,25H,4,7,9-12H2,1-3H3,(H,21,26)/t16-/m0/s1. The molecule has 0 unspecified atom stereocenters. The quantitative estimate of drug-likeness (QED) is 0.765. The molecule has 1 fully saturated rings. The number of nitrogens with one attached hydrogen (secondary N) is 2. The molecule has 1 aromatic carbocycles. The third-order valence-electron chi connectivity index (χ3n) is 5.85. The summed E-state index contributed by atoms with van der Waals surface area (Å²) < 4.78 is 5.37. The molecule has 2 aliphatic rings. The first-order chi connectivity index (χ1) is 13.0. The third-order valence-corrected chi connectivity index (χ3v) is 5.85. The van der Waals surface area contributed by atoms with Gasteiger partial charge in [-0.2, -0.15) is 0 Å². The molecule has 146 valence electrons. The topological polar surface area (TPSA) is 80.8 Å². The number of likely N-dealkylation sites (tertiary alicyclic amines) is 1. The molecule has 1 aromatic heterocycles. The number of rotatable bonds is 4. The number of hydrogen-bond donors (Lipinski definition) is 3. The Morgan fingerprint density at radius 2 is 2.19 bits per heavy atom. The first kappa shape index (κ1) is 18.1. The van der Waals surface area contributed by atoms with E-state index in [9.17, 15) is 9.90 Å². The van der Waals surface area contributed by atoms with Crippen molar-refractivity contribution < 1.29 is 14.6 Å². The van der Waals surface area contributed by atoms with E-state index in [1.807, 2.05) is 19.1 Å². The fourth-order valence-corrected chi connectivity index (χ4v) is 4.80. The highest BCUT2D eigenvalue weighted by atomic mass is 16.5. The first-order valence-electron chi connectivity index (χ1n) is 9.57. The predicted molar refractivity (Wildman–Crippen MR) is 104 cm³/mol. The number of aromatic amines is 1. The molecule has 2 aliphatic heterocycles. The molecule has 3 heterocycles. The van der Waals surface area contributed by atoms with Crippen LogP contribution in [0, 0.1) is 0 Å². The summed E-state index contributed by atoms with van der Waals surface area (Å²) >= 11 is 0. The minimum absolute atomic E-state index is 0.105. The smallest absolute Gasteiger partial charge is 0.318 e. The van der Waals surface area contributed by atoms with E-state index >= 15 is 0 Å². The lowest BCUT2D eigenvalue weighted by Gasteiger charge is -2.55. The van der Waals surface area contributed by atoms with E-state index in [1.54, 1.807) is 12.0 Å². The summed E-state index contributed by atoms with van der Waals surface area (Å²) in [4.78, 5) is 20.4. The SMILES string of the molecule is CCCNC(=O)N1CC2(CN(C)C2)c2c([nH]c3cc(OC)ccc23)[C@@H]1CO. The average molecular weight is 372 g/mol. The van der Waals surface area contributed by atoms with Crippen molar-refractivity contribution in [3.8, 4) is 5.75 Å². The molecule has 0 aliphatic carbocycles. The minimum Gasteiger partial charge on any atom is -0.497 e. The maximum atomic E-state index is 12.8. The lowest BCUT2D eigenvalue weighted by Crippen LogP contribution is -2.66. The Labute approximate surface area is 159 Å². The lowest BCUT2D eigenvalue weighted by molar-refractivity contribution is 0.0257. The van der Waals surface area contributed by atoms with E-state index < -0.39 is 0 Å². The number of aliphatic hydroxyl groups excluding tert-OH is 1. The second kappa shape index (κ2) is 6.73. The van der Waals surface area contributed by atoms with Crippen LogP contribution in [0.1, 0.15) is 30.6 Å². The number of ether oxygens (including phenoxy) is 1. The van der Waals surface area contributed by atoms with Crippen molar-refractivity contribution in [1.29, 1.82) is 0 Å². The van der Waals surface area contributed by atoms with Crippen LogP contribution in [0.25, 0.3) is 10.9 Å².